The normalized spacial score (nSPS) is 10.2. The van der Waals surface area contributed by atoms with Gasteiger partial charge >= 0.3 is 5.97 Å². The molecule has 1 aromatic carbocycles. The van der Waals surface area contributed by atoms with Crippen LogP contribution < -0.4 is 5.32 Å². The lowest BCUT2D eigenvalue weighted by atomic mass is 10.2. The van der Waals surface area contributed by atoms with E-state index in [1.165, 1.54) is 6.26 Å². The fraction of sp³-hybridized carbons (Fsp3) is 0.0909. The Bertz CT molecular complexity index is 544. The van der Waals surface area contributed by atoms with E-state index in [2.05, 4.69) is 5.32 Å². The number of hydrogen-bond donors (Lipinski definition) is 2. The van der Waals surface area contributed by atoms with Crippen LogP contribution in [0.15, 0.2) is 34.9 Å². The Kier molecular flexibility index (Phi) is 2.59. The van der Waals surface area contributed by atoms with Crippen molar-refractivity contribution < 1.29 is 19.1 Å². The molecule has 1 heterocycles. The van der Waals surface area contributed by atoms with E-state index in [0.717, 1.165) is 5.39 Å². The largest absolute Gasteiger partial charge is 0.481 e. The molecule has 0 aliphatic carbocycles. The van der Waals surface area contributed by atoms with Gasteiger partial charge in [0.15, 0.2) is 0 Å². The summed E-state index contributed by atoms with van der Waals surface area (Å²) in [6.45, 7) is 0. The molecule has 0 spiro atoms. The molecule has 0 unspecified atom stereocenters. The number of nitrogens with one attached hydrogen (secondary N) is 1. The highest BCUT2D eigenvalue weighted by molar-refractivity contribution is 6.05. The van der Waals surface area contributed by atoms with Gasteiger partial charge in [0.25, 0.3) is 0 Å². The molecule has 0 saturated heterocycles. The van der Waals surface area contributed by atoms with Crippen LogP contribution in [0.1, 0.15) is 6.42 Å². The summed E-state index contributed by atoms with van der Waals surface area (Å²) in [4.78, 5) is 21.5. The summed E-state index contributed by atoms with van der Waals surface area (Å²) in [6.07, 6.45) is 0.837. The molecular weight excluding hydrogens is 210 g/mol. The Morgan fingerprint density at radius 2 is 2.06 bits per heavy atom. The van der Waals surface area contributed by atoms with Gasteiger partial charge in [-0.3, -0.25) is 9.59 Å². The molecular formula is C11H9NO4. The first kappa shape index (κ1) is 10.2. The van der Waals surface area contributed by atoms with Gasteiger partial charge in [-0.25, -0.2) is 0 Å². The molecule has 16 heavy (non-hydrogen) atoms. The van der Waals surface area contributed by atoms with Gasteiger partial charge in [0.1, 0.15) is 18.3 Å². The van der Waals surface area contributed by atoms with Crippen molar-refractivity contribution >= 4 is 28.5 Å². The lowest BCUT2D eigenvalue weighted by molar-refractivity contribution is -0.139. The number of fused-ring (bicyclic) bond motifs is 1. The molecule has 2 aromatic rings. The Labute approximate surface area is 90.7 Å². The average Bonchev–Trinajstić information content (AvgIpc) is 2.61. The molecule has 0 aliphatic rings. The highest BCUT2D eigenvalue weighted by Gasteiger charge is 2.11. The zero-order valence-electron chi connectivity index (χ0n) is 8.27. The van der Waals surface area contributed by atoms with Crippen LogP contribution in [0.2, 0.25) is 0 Å². The van der Waals surface area contributed by atoms with E-state index in [9.17, 15) is 9.59 Å². The topological polar surface area (TPSA) is 79.5 Å². The summed E-state index contributed by atoms with van der Waals surface area (Å²) >= 11 is 0. The van der Waals surface area contributed by atoms with Crippen molar-refractivity contribution in [1.29, 1.82) is 0 Å². The molecule has 1 aromatic heterocycles. The summed E-state index contributed by atoms with van der Waals surface area (Å²) in [5.74, 6) is -1.73. The maximum atomic E-state index is 11.2. The lowest BCUT2D eigenvalue weighted by Crippen LogP contribution is -2.15. The predicted molar refractivity (Wildman–Crippen MR) is 57.1 cm³/mol. The number of para-hydroxylation sites is 1. The smallest absolute Gasteiger partial charge is 0.312 e. The van der Waals surface area contributed by atoms with E-state index in [1.807, 2.05) is 12.1 Å². The van der Waals surface area contributed by atoms with Crippen LogP contribution in [0, 0.1) is 0 Å². The van der Waals surface area contributed by atoms with Gasteiger partial charge in [0, 0.05) is 5.39 Å². The average molecular weight is 219 g/mol. The van der Waals surface area contributed by atoms with Crippen molar-refractivity contribution in [3.05, 3.63) is 30.5 Å². The molecule has 0 saturated carbocycles. The molecule has 2 N–H and O–H groups in total. The SMILES string of the molecule is O=C(O)CC(=O)Nc1coc2ccccc12. The zero-order chi connectivity index (χ0) is 11.5. The third-order valence-electron chi connectivity index (χ3n) is 2.07. The summed E-state index contributed by atoms with van der Waals surface area (Å²) in [6, 6.07) is 7.18. The molecule has 82 valence electrons. The third-order valence-corrected chi connectivity index (χ3v) is 2.07. The number of furan rings is 1. The van der Waals surface area contributed by atoms with Gasteiger partial charge in [0.2, 0.25) is 5.91 Å². The van der Waals surface area contributed by atoms with E-state index in [-0.39, 0.29) is 0 Å². The van der Waals surface area contributed by atoms with Crippen molar-refractivity contribution in [2.24, 2.45) is 0 Å². The number of amides is 1. The molecule has 0 bridgehead atoms. The maximum Gasteiger partial charge on any atom is 0.312 e. The second kappa shape index (κ2) is 4.06. The van der Waals surface area contributed by atoms with E-state index in [1.54, 1.807) is 12.1 Å². The minimum absolute atomic E-state index is 0.488. The monoisotopic (exact) mass is 219 g/mol. The van der Waals surface area contributed by atoms with Crippen LogP contribution in [-0.2, 0) is 9.59 Å². The molecule has 0 radical (unpaired) electrons. The van der Waals surface area contributed by atoms with Crippen molar-refractivity contribution in [1.82, 2.24) is 0 Å². The first-order chi connectivity index (χ1) is 7.66. The fourth-order valence-corrected chi connectivity index (χ4v) is 1.41. The Morgan fingerprint density at radius 1 is 1.31 bits per heavy atom. The van der Waals surface area contributed by atoms with Gasteiger partial charge in [-0.1, -0.05) is 12.1 Å². The van der Waals surface area contributed by atoms with Crippen LogP contribution >= 0.6 is 0 Å². The number of carbonyl (C=O) groups excluding carboxylic acids is 1. The minimum atomic E-state index is -1.16. The van der Waals surface area contributed by atoms with Gasteiger partial charge in [-0.15, -0.1) is 0 Å². The van der Waals surface area contributed by atoms with Gasteiger partial charge in [-0.05, 0) is 12.1 Å². The number of aliphatic carboxylic acids is 1. The van der Waals surface area contributed by atoms with E-state index >= 15 is 0 Å². The fourth-order valence-electron chi connectivity index (χ4n) is 1.41. The first-order valence-electron chi connectivity index (χ1n) is 4.64. The standard InChI is InChI=1S/C11H9NO4/c13-10(5-11(14)15)12-8-6-16-9-4-2-1-3-7(8)9/h1-4,6H,5H2,(H,12,13)(H,14,15). The predicted octanol–water partition coefficient (Wildman–Crippen LogP) is 1.85. The Balaban J connectivity index is 2.21. The van der Waals surface area contributed by atoms with Crippen LogP contribution in [0.3, 0.4) is 0 Å². The number of carboxylic acid groups (broad SMARTS) is 1. The molecule has 5 heteroatoms. The second-order valence-electron chi connectivity index (χ2n) is 3.26. The summed E-state index contributed by atoms with van der Waals surface area (Å²) in [5, 5.41) is 11.7. The van der Waals surface area contributed by atoms with Crippen LogP contribution in [-0.4, -0.2) is 17.0 Å². The first-order valence-corrected chi connectivity index (χ1v) is 4.64. The number of carboxylic acids is 1. The van der Waals surface area contributed by atoms with Crippen molar-refractivity contribution in [2.75, 3.05) is 5.32 Å². The lowest BCUT2D eigenvalue weighted by Gasteiger charge is -1.99. The Morgan fingerprint density at radius 3 is 2.81 bits per heavy atom. The van der Waals surface area contributed by atoms with Crippen LogP contribution in [0.25, 0.3) is 11.0 Å². The van der Waals surface area contributed by atoms with Crippen molar-refractivity contribution in [2.45, 2.75) is 6.42 Å². The molecule has 0 atom stereocenters. The maximum absolute atomic E-state index is 11.2. The van der Waals surface area contributed by atoms with Gasteiger partial charge in [0.05, 0.1) is 5.69 Å². The molecule has 5 nitrogen and oxygen atoms in total. The van der Waals surface area contributed by atoms with Gasteiger partial charge in [-0.2, -0.15) is 0 Å². The van der Waals surface area contributed by atoms with Gasteiger partial charge < -0.3 is 14.8 Å². The van der Waals surface area contributed by atoms with Crippen molar-refractivity contribution in [3.63, 3.8) is 0 Å². The Hall–Kier alpha value is -2.30. The summed E-state index contributed by atoms with van der Waals surface area (Å²) in [7, 11) is 0. The second-order valence-corrected chi connectivity index (χ2v) is 3.26. The summed E-state index contributed by atoms with van der Waals surface area (Å²) < 4.78 is 5.19. The minimum Gasteiger partial charge on any atom is -0.481 e. The van der Waals surface area contributed by atoms with E-state index in [0.29, 0.717) is 11.3 Å². The number of benzene rings is 1. The van der Waals surface area contributed by atoms with Crippen LogP contribution in [0.5, 0.6) is 0 Å². The highest BCUT2D eigenvalue weighted by Crippen LogP contribution is 2.25. The molecule has 2 rings (SSSR count). The van der Waals surface area contributed by atoms with Crippen LogP contribution in [0.4, 0.5) is 5.69 Å². The van der Waals surface area contributed by atoms with E-state index in [4.69, 9.17) is 9.52 Å². The number of carbonyl (C=O) groups is 2. The number of rotatable bonds is 3. The van der Waals surface area contributed by atoms with Crippen molar-refractivity contribution in [3.8, 4) is 0 Å². The van der Waals surface area contributed by atoms with E-state index < -0.39 is 18.3 Å². The third kappa shape index (κ3) is 2.03. The quantitative estimate of drug-likeness (QED) is 0.772. The molecule has 0 fully saturated rings. The summed E-state index contributed by atoms with van der Waals surface area (Å²) in [5.41, 5.74) is 1.13. The highest BCUT2D eigenvalue weighted by atomic mass is 16.4. The number of anilines is 1. The molecule has 1 amide bonds. The zero-order valence-corrected chi connectivity index (χ0v) is 8.27. The number of hydrogen-bond acceptors (Lipinski definition) is 3. The molecule has 0 aliphatic heterocycles.